The number of hydrogen-bond donors (Lipinski definition) is 1. The molecule has 1 N–H and O–H groups in total. The predicted molar refractivity (Wildman–Crippen MR) is 72.1 cm³/mol. The fourth-order valence-electron chi connectivity index (χ4n) is 4.54. The summed E-state index contributed by atoms with van der Waals surface area (Å²) in [5.41, 5.74) is 0. The van der Waals surface area contributed by atoms with E-state index in [4.69, 9.17) is 0 Å². The Morgan fingerprint density at radius 2 is 2.06 bits per heavy atom. The Bertz CT molecular complexity index is 264. The highest BCUT2D eigenvalue weighted by Crippen LogP contribution is 2.48. The molecule has 0 spiro atoms. The van der Waals surface area contributed by atoms with Crippen molar-refractivity contribution in [3.05, 3.63) is 0 Å². The summed E-state index contributed by atoms with van der Waals surface area (Å²) in [5, 5.41) is 3.69. The second kappa shape index (κ2) is 4.89. The van der Waals surface area contributed by atoms with Gasteiger partial charge in [0.05, 0.1) is 0 Å². The van der Waals surface area contributed by atoms with E-state index in [0.29, 0.717) is 6.04 Å². The lowest BCUT2D eigenvalue weighted by Gasteiger charge is -2.27. The third kappa shape index (κ3) is 2.68. The first-order valence-electron chi connectivity index (χ1n) is 7.69. The van der Waals surface area contributed by atoms with Gasteiger partial charge < -0.3 is 10.2 Å². The lowest BCUT2D eigenvalue weighted by atomic mass is 9.88. The molecule has 0 aromatic heterocycles. The third-order valence-electron chi connectivity index (χ3n) is 5.22. The van der Waals surface area contributed by atoms with Crippen LogP contribution in [0, 0.1) is 17.8 Å². The largest absolute Gasteiger partial charge is 0.310 e. The Morgan fingerprint density at radius 1 is 1.18 bits per heavy atom. The summed E-state index contributed by atoms with van der Waals surface area (Å²) in [6.07, 6.45) is 7.55. The fraction of sp³-hybridized carbons (Fsp3) is 1.00. The molecular weight excluding hydrogens is 208 g/mol. The highest BCUT2D eigenvalue weighted by Gasteiger charge is 2.40. The van der Waals surface area contributed by atoms with Gasteiger partial charge in [-0.3, -0.25) is 0 Å². The van der Waals surface area contributed by atoms with Crippen LogP contribution in [0.15, 0.2) is 0 Å². The summed E-state index contributed by atoms with van der Waals surface area (Å²) in [7, 11) is 0. The molecule has 4 unspecified atom stereocenters. The van der Waals surface area contributed by atoms with Crippen LogP contribution >= 0.6 is 0 Å². The monoisotopic (exact) mass is 236 g/mol. The average molecular weight is 236 g/mol. The van der Waals surface area contributed by atoms with Gasteiger partial charge in [-0.1, -0.05) is 20.3 Å². The van der Waals surface area contributed by atoms with Crippen LogP contribution in [0.4, 0.5) is 0 Å². The van der Waals surface area contributed by atoms with E-state index in [0.717, 1.165) is 23.8 Å². The molecule has 0 amide bonds. The van der Waals surface area contributed by atoms with E-state index in [1.165, 1.54) is 32.5 Å². The molecule has 0 radical (unpaired) electrons. The molecule has 1 aliphatic heterocycles. The lowest BCUT2D eigenvalue weighted by molar-refractivity contribution is 0.216. The van der Waals surface area contributed by atoms with Crippen LogP contribution in [0.1, 0.15) is 46.0 Å². The van der Waals surface area contributed by atoms with Crippen LogP contribution in [-0.2, 0) is 0 Å². The summed E-state index contributed by atoms with van der Waals surface area (Å²) >= 11 is 0. The molecule has 1 heterocycles. The smallest absolute Gasteiger partial charge is 0.0209 e. The molecule has 2 heteroatoms. The minimum Gasteiger partial charge on any atom is -0.310 e. The Morgan fingerprint density at radius 3 is 2.71 bits per heavy atom. The highest BCUT2D eigenvalue weighted by atomic mass is 15.2. The van der Waals surface area contributed by atoms with Gasteiger partial charge in [0.1, 0.15) is 0 Å². The van der Waals surface area contributed by atoms with Gasteiger partial charge in [0.2, 0.25) is 0 Å². The quantitative estimate of drug-likeness (QED) is 0.807. The zero-order valence-electron chi connectivity index (χ0n) is 11.5. The van der Waals surface area contributed by atoms with Gasteiger partial charge in [0, 0.05) is 25.2 Å². The van der Waals surface area contributed by atoms with Crippen LogP contribution in [0.2, 0.25) is 0 Å². The number of fused-ring (bicyclic) bond motifs is 2. The molecular formula is C15H28N2. The number of hydrogen-bond acceptors (Lipinski definition) is 2. The molecule has 4 atom stereocenters. The van der Waals surface area contributed by atoms with Crippen molar-refractivity contribution >= 4 is 0 Å². The zero-order chi connectivity index (χ0) is 11.8. The molecule has 0 aromatic rings. The maximum atomic E-state index is 3.69. The van der Waals surface area contributed by atoms with Crippen molar-refractivity contribution in [3.8, 4) is 0 Å². The molecule has 2 nitrogen and oxygen atoms in total. The van der Waals surface area contributed by atoms with E-state index >= 15 is 0 Å². The number of nitrogens with one attached hydrogen (secondary N) is 1. The van der Waals surface area contributed by atoms with Crippen molar-refractivity contribution in [3.63, 3.8) is 0 Å². The van der Waals surface area contributed by atoms with Crippen molar-refractivity contribution in [1.82, 2.24) is 10.2 Å². The predicted octanol–water partition coefficient (Wildman–Crippen LogP) is 2.49. The van der Waals surface area contributed by atoms with E-state index in [1.807, 2.05) is 0 Å². The normalized spacial score (nSPS) is 41.8. The summed E-state index contributed by atoms with van der Waals surface area (Å²) < 4.78 is 0. The van der Waals surface area contributed by atoms with Gasteiger partial charge in [-0.2, -0.15) is 0 Å². The van der Waals surface area contributed by atoms with Gasteiger partial charge in [-0.15, -0.1) is 0 Å². The number of likely N-dealkylation sites (tertiary alicyclic amines) is 1. The lowest BCUT2D eigenvalue weighted by Crippen LogP contribution is -2.38. The molecule has 3 rings (SSSR count). The number of rotatable bonds is 4. The minimum absolute atomic E-state index is 0.641. The van der Waals surface area contributed by atoms with Gasteiger partial charge in [-0.05, 0) is 50.0 Å². The van der Waals surface area contributed by atoms with Gasteiger partial charge in [0.15, 0.2) is 0 Å². The molecule has 1 saturated heterocycles. The number of nitrogens with zero attached hydrogens (tertiary/aromatic N) is 1. The van der Waals surface area contributed by atoms with E-state index in [9.17, 15) is 0 Å². The second-order valence-electron chi connectivity index (χ2n) is 7.00. The van der Waals surface area contributed by atoms with Crippen LogP contribution in [0.3, 0.4) is 0 Å². The maximum absolute atomic E-state index is 3.69. The molecule has 98 valence electrons. The topological polar surface area (TPSA) is 15.3 Å². The van der Waals surface area contributed by atoms with Crippen LogP contribution in [0.25, 0.3) is 0 Å². The minimum atomic E-state index is 0.641. The van der Waals surface area contributed by atoms with E-state index in [2.05, 4.69) is 24.1 Å². The summed E-state index contributed by atoms with van der Waals surface area (Å²) in [4.78, 5) is 2.73. The molecule has 2 aliphatic carbocycles. The molecule has 0 aromatic carbocycles. The molecule has 2 bridgehead atoms. The highest BCUT2D eigenvalue weighted by molar-refractivity contribution is 4.93. The van der Waals surface area contributed by atoms with Gasteiger partial charge >= 0.3 is 0 Å². The van der Waals surface area contributed by atoms with Gasteiger partial charge in [0.25, 0.3) is 0 Å². The zero-order valence-corrected chi connectivity index (χ0v) is 11.5. The van der Waals surface area contributed by atoms with Crippen LogP contribution in [0.5, 0.6) is 0 Å². The molecule has 17 heavy (non-hydrogen) atoms. The Kier molecular flexibility index (Phi) is 3.45. The Hall–Kier alpha value is -0.0800. The van der Waals surface area contributed by atoms with Crippen molar-refractivity contribution in [2.24, 2.45) is 17.8 Å². The standard InChI is InChI=1S/C15H28N2/c1-11(2)16-15-5-6-17(10-15)9-14-8-12-3-4-13(14)7-12/h11-16H,3-10H2,1-2H3. The third-order valence-corrected chi connectivity index (χ3v) is 5.22. The summed E-state index contributed by atoms with van der Waals surface area (Å²) in [5.74, 6) is 3.25. The second-order valence-corrected chi connectivity index (χ2v) is 7.00. The first-order valence-corrected chi connectivity index (χ1v) is 7.69. The molecule has 3 fully saturated rings. The van der Waals surface area contributed by atoms with Crippen molar-refractivity contribution in [2.75, 3.05) is 19.6 Å². The Balaban J connectivity index is 1.44. The summed E-state index contributed by atoms with van der Waals surface area (Å²) in [6.45, 7) is 8.55. The van der Waals surface area contributed by atoms with Crippen molar-refractivity contribution < 1.29 is 0 Å². The first kappa shape index (κ1) is 12.0. The van der Waals surface area contributed by atoms with Crippen LogP contribution < -0.4 is 5.32 Å². The molecule has 2 saturated carbocycles. The SMILES string of the molecule is CC(C)NC1CCN(CC2CC3CCC2C3)C1. The Labute approximate surface area is 106 Å². The molecule has 3 aliphatic rings. The van der Waals surface area contributed by atoms with Crippen LogP contribution in [-0.4, -0.2) is 36.6 Å². The van der Waals surface area contributed by atoms with E-state index < -0.39 is 0 Å². The van der Waals surface area contributed by atoms with E-state index in [1.54, 1.807) is 19.3 Å². The van der Waals surface area contributed by atoms with Crippen molar-refractivity contribution in [1.29, 1.82) is 0 Å². The van der Waals surface area contributed by atoms with Gasteiger partial charge in [-0.25, -0.2) is 0 Å². The summed E-state index contributed by atoms with van der Waals surface area (Å²) in [6, 6.07) is 1.40. The van der Waals surface area contributed by atoms with E-state index in [-0.39, 0.29) is 0 Å². The fourth-order valence-corrected chi connectivity index (χ4v) is 4.54. The first-order chi connectivity index (χ1) is 8.20. The maximum Gasteiger partial charge on any atom is 0.0209 e. The average Bonchev–Trinajstić information content (AvgIpc) is 2.94. The van der Waals surface area contributed by atoms with Crippen molar-refractivity contribution in [2.45, 2.75) is 58.0 Å².